The summed E-state index contributed by atoms with van der Waals surface area (Å²) in [5.41, 5.74) is 1.14. The molecule has 2 aliphatic heterocycles. The molecule has 1 aromatic rings. The van der Waals surface area contributed by atoms with Gasteiger partial charge >= 0.3 is 0 Å². The van der Waals surface area contributed by atoms with Crippen LogP contribution in [0.3, 0.4) is 0 Å². The van der Waals surface area contributed by atoms with E-state index in [2.05, 4.69) is 26.2 Å². The first-order valence-electron chi connectivity index (χ1n) is 9.83. The fourth-order valence-electron chi connectivity index (χ4n) is 4.00. The molecule has 1 N–H and O–H groups in total. The first-order chi connectivity index (χ1) is 13.3. The van der Waals surface area contributed by atoms with E-state index in [1.807, 2.05) is 18.2 Å². The van der Waals surface area contributed by atoms with Crippen molar-refractivity contribution in [1.82, 2.24) is 10.2 Å². The van der Waals surface area contributed by atoms with Gasteiger partial charge in [0.25, 0.3) is 0 Å². The van der Waals surface area contributed by atoms with Gasteiger partial charge in [-0.3, -0.25) is 4.99 Å². The summed E-state index contributed by atoms with van der Waals surface area (Å²) in [4.78, 5) is 8.82. The molecule has 1 aromatic carbocycles. The van der Waals surface area contributed by atoms with Crippen LogP contribution < -0.4 is 15.0 Å². The van der Waals surface area contributed by atoms with Crippen LogP contribution in [-0.2, 0) is 9.84 Å². The molecule has 2 heterocycles. The Bertz CT molecular complexity index is 829. The Morgan fingerprint density at radius 3 is 2.69 bits per heavy atom. The zero-order chi connectivity index (χ0) is 20.4. The van der Waals surface area contributed by atoms with Gasteiger partial charge in [-0.1, -0.05) is 12.1 Å². The zero-order valence-electron chi connectivity index (χ0n) is 17.7. The number of anilines is 1. The van der Waals surface area contributed by atoms with Crippen LogP contribution in [0.2, 0.25) is 0 Å². The Morgan fingerprint density at radius 1 is 1.31 bits per heavy atom. The first kappa shape index (κ1) is 24.0. The molecule has 0 spiro atoms. The van der Waals surface area contributed by atoms with Crippen LogP contribution in [0.25, 0.3) is 0 Å². The van der Waals surface area contributed by atoms with E-state index in [0.717, 1.165) is 43.5 Å². The maximum atomic E-state index is 12.2. The number of nitrogens with one attached hydrogen (secondary N) is 1. The maximum absolute atomic E-state index is 12.2. The highest BCUT2D eigenvalue weighted by molar-refractivity contribution is 14.0. The number of halogens is 1. The topological polar surface area (TPSA) is 74.2 Å². The lowest BCUT2D eigenvalue weighted by Crippen LogP contribution is -2.57. The molecular formula is C20H33IN4O3S. The fourth-order valence-corrected chi connectivity index (χ4v) is 5.37. The summed E-state index contributed by atoms with van der Waals surface area (Å²) in [7, 11) is 0.411. The normalized spacial score (nSPS) is 23.4. The Kier molecular flexibility index (Phi) is 8.06. The number of aliphatic imine (C=N–C) groups is 1. The van der Waals surface area contributed by atoms with Gasteiger partial charge in [-0.15, -0.1) is 24.0 Å². The maximum Gasteiger partial charge on any atom is 0.193 e. The largest absolute Gasteiger partial charge is 0.495 e. The summed E-state index contributed by atoms with van der Waals surface area (Å²) < 4.78 is 29.2. The molecule has 0 amide bonds. The molecule has 3 rings (SSSR count). The third-order valence-corrected chi connectivity index (χ3v) is 8.35. The summed E-state index contributed by atoms with van der Waals surface area (Å²) >= 11 is 0. The minimum Gasteiger partial charge on any atom is -0.495 e. The molecule has 0 bridgehead atoms. The number of nitrogens with zero attached hydrogens (tertiary/aromatic N) is 3. The van der Waals surface area contributed by atoms with Gasteiger partial charge in [0.15, 0.2) is 15.8 Å². The molecule has 7 nitrogen and oxygen atoms in total. The van der Waals surface area contributed by atoms with Crippen LogP contribution >= 0.6 is 24.0 Å². The van der Waals surface area contributed by atoms with Gasteiger partial charge in [-0.25, -0.2) is 8.42 Å². The average molecular weight is 536 g/mol. The van der Waals surface area contributed by atoms with Crippen molar-refractivity contribution in [3.63, 3.8) is 0 Å². The number of methoxy groups -OCH3 is 1. The molecule has 29 heavy (non-hydrogen) atoms. The van der Waals surface area contributed by atoms with Crippen molar-refractivity contribution in [3.8, 4) is 5.75 Å². The highest BCUT2D eigenvalue weighted by atomic mass is 127. The lowest BCUT2D eigenvalue weighted by Gasteiger charge is -2.39. The number of rotatable bonds is 4. The van der Waals surface area contributed by atoms with Crippen molar-refractivity contribution in [1.29, 1.82) is 0 Å². The quantitative estimate of drug-likeness (QED) is 0.362. The molecule has 1 unspecified atom stereocenters. The third-order valence-electron chi connectivity index (χ3n) is 5.82. The summed E-state index contributed by atoms with van der Waals surface area (Å²) in [6, 6.07) is 8.12. The second-order valence-corrected chi connectivity index (χ2v) is 10.9. The van der Waals surface area contributed by atoms with Crippen LogP contribution in [0.1, 0.15) is 20.3 Å². The summed E-state index contributed by atoms with van der Waals surface area (Å²) in [5, 5.41) is 3.47. The predicted molar refractivity (Wildman–Crippen MR) is 130 cm³/mol. The van der Waals surface area contributed by atoms with Crippen LogP contribution in [0.4, 0.5) is 5.69 Å². The van der Waals surface area contributed by atoms with E-state index >= 15 is 0 Å². The molecule has 0 radical (unpaired) electrons. The second kappa shape index (κ2) is 9.72. The van der Waals surface area contributed by atoms with Crippen LogP contribution in [-0.4, -0.2) is 76.7 Å². The van der Waals surface area contributed by atoms with Gasteiger partial charge in [0.2, 0.25) is 0 Å². The van der Waals surface area contributed by atoms with E-state index in [1.165, 1.54) is 0 Å². The minimum atomic E-state index is -3.05. The number of guanidine groups is 1. The zero-order valence-corrected chi connectivity index (χ0v) is 20.9. The van der Waals surface area contributed by atoms with E-state index in [4.69, 9.17) is 4.74 Å². The van der Waals surface area contributed by atoms with Crippen molar-refractivity contribution in [3.05, 3.63) is 24.3 Å². The molecule has 2 fully saturated rings. The van der Waals surface area contributed by atoms with Crippen LogP contribution in [0, 0.1) is 5.92 Å². The average Bonchev–Trinajstić information content (AvgIpc) is 3.14. The van der Waals surface area contributed by atoms with E-state index in [9.17, 15) is 8.42 Å². The number of hydrogen-bond acceptors (Lipinski definition) is 5. The molecule has 1 atom stereocenters. The standard InChI is InChI=1S/C20H32N4O3S.HI/c1-20(2)15-24(11-12-28(20,25)26)19(21-3)22-13-16-9-10-23(14-16)17-7-5-6-8-18(17)27-4;/h5-8,16H,9-15H2,1-4H3,(H,21,22);1H. The molecule has 0 aromatic heterocycles. The van der Waals surface area contributed by atoms with Crippen molar-refractivity contribution in [2.24, 2.45) is 10.9 Å². The van der Waals surface area contributed by atoms with Gasteiger partial charge in [0.05, 0.1) is 23.3 Å². The SMILES string of the molecule is CN=C(NCC1CCN(c2ccccc2OC)C1)N1CCS(=O)(=O)C(C)(C)C1.I. The lowest BCUT2D eigenvalue weighted by molar-refractivity contribution is 0.351. The van der Waals surface area contributed by atoms with Crippen LogP contribution in [0.15, 0.2) is 29.3 Å². The number of ether oxygens (including phenoxy) is 1. The summed E-state index contributed by atoms with van der Waals surface area (Å²) in [6.07, 6.45) is 1.10. The van der Waals surface area contributed by atoms with Gasteiger partial charge in [0.1, 0.15) is 5.75 Å². The van der Waals surface area contributed by atoms with Crippen molar-refractivity contribution in [2.75, 3.05) is 57.5 Å². The van der Waals surface area contributed by atoms with Crippen molar-refractivity contribution in [2.45, 2.75) is 25.0 Å². The fraction of sp³-hybridized carbons (Fsp3) is 0.650. The van der Waals surface area contributed by atoms with E-state index < -0.39 is 14.6 Å². The highest BCUT2D eigenvalue weighted by Crippen LogP contribution is 2.31. The van der Waals surface area contributed by atoms with Gasteiger partial charge < -0.3 is 19.9 Å². The molecule has 0 aliphatic carbocycles. The summed E-state index contributed by atoms with van der Waals surface area (Å²) in [6.45, 7) is 7.33. The van der Waals surface area contributed by atoms with Crippen molar-refractivity contribution < 1.29 is 13.2 Å². The Morgan fingerprint density at radius 2 is 2.03 bits per heavy atom. The van der Waals surface area contributed by atoms with Gasteiger partial charge in [-0.2, -0.15) is 0 Å². The first-order valence-corrected chi connectivity index (χ1v) is 11.5. The summed E-state index contributed by atoms with van der Waals surface area (Å²) in [5.74, 6) is 2.37. The molecule has 9 heteroatoms. The highest BCUT2D eigenvalue weighted by Gasteiger charge is 2.41. The molecular weight excluding hydrogens is 503 g/mol. The molecule has 2 saturated heterocycles. The van der Waals surface area contributed by atoms with Crippen LogP contribution in [0.5, 0.6) is 5.75 Å². The van der Waals surface area contributed by atoms with Gasteiger partial charge in [0, 0.05) is 39.8 Å². The Hall–Kier alpha value is -1.23. The second-order valence-electron chi connectivity index (χ2n) is 8.20. The number of benzene rings is 1. The van der Waals surface area contributed by atoms with E-state index in [0.29, 0.717) is 19.0 Å². The molecule has 164 valence electrons. The molecule has 2 aliphatic rings. The minimum absolute atomic E-state index is 0. The third kappa shape index (κ3) is 5.28. The van der Waals surface area contributed by atoms with E-state index in [1.54, 1.807) is 28.0 Å². The monoisotopic (exact) mass is 536 g/mol. The lowest BCUT2D eigenvalue weighted by atomic mass is 10.1. The smallest absolute Gasteiger partial charge is 0.193 e. The Balaban J connectivity index is 0.00000300. The predicted octanol–water partition coefficient (Wildman–Crippen LogP) is 2.22. The number of hydrogen-bond donors (Lipinski definition) is 1. The number of sulfone groups is 1. The number of para-hydroxylation sites is 2. The van der Waals surface area contributed by atoms with E-state index in [-0.39, 0.29) is 29.7 Å². The van der Waals surface area contributed by atoms with Crippen molar-refractivity contribution >= 4 is 45.5 Å². The van der Waals surface area contributed by atoms with Gasteiger partial charge in [-0.05, 0) is 38.3 Å². The molecule has 0 saturated carbocycles. The Labute approximate surface area is 191 Å².